The number of halogens is 1. The number of methoxy groups -OCH3 is 1. The third-order valence-corrected chi connectivity index (χ3v) is 4.77. The first-order valence-electron chi connectivity index (χ1n) is 6.23. The maximum atomic E-state index is 12.3. The molecule has 0 saturated carbocycles. The highest BCUT2D eigenvalue weighted by Gasteiger charge is 2.32. The maximum absolute atomic E-state index is 12.3. The Morgan fingerprint density at radius 3 is 2.91 bits per heavy atom. The molecule has 0 aromatic heterocycles. The van der Waals surface area contributed by atoms with Gasteiger partial charge in [0.05, 0.1) is 18.4 Å². The Kier molecular flexibility index (Phi) is 5.60. The summed E-state index contributed by atoms with van der Waals surface area (Å²) >= 11 is 9.68. The summed E-state index contributed by atoms with van der Waals surface area (Å²) in [6.07, 6.45) is 1.56. The van der Waals surface area contributed by atoms with Crippen LogP contribution in [0.1, 0.15) is 12.0 Å². The quantitative estimate of drug-likeness (QED) is 0.603. The van der Waals surface area contributed by atoms with E-state index in [9.17, 15) is 9.59 Å². The zero-order valence-corrected chi connectivity index (χ0v) is 14.8. The molecule has 1 aromatic carbocycles. The number of carboxylic acids is 1. The van der Waals surface area contributed by atoms with E-state index in [1.807, 2.05) is 12.1 Å². The Hall–Kier alpha value is -1.38. The lowest BCUT2D eigenvalue weighted by molar-refractivity contribution is -0.137. The van der Waals surface area contributed by atoms with Crippen LogP contribution in [0.4, 0.5) is 0 Å². The predicted molar refractivity (Wildman–Crippen MR) is 92.8 cm³/mol. The number of rotatable bonds is 5. The molecule has 1 fully saturated rings. The minimum Gasteiger partial charge on any atom is -0.496 e. The minimum absolute atomic E-state index is 0.0763. The van der Waals surface area contributed by atoms with E-state index in [-0.39, 0.29) is 18.9 Å². The van der Waals surface area contributed by atoms with Gasteiger partial charge in [0.2, 0.25) is 0 Å². The van der Waals surface area contributed by atoms with Crippen molar-refractivity contribution in [2.45, 2.75) is 6.42 Å². The van der Waals surface area contributed by atoms with Crippen molar-refractivity contribution in [1.29, 1.82) is 0 Å². The van der Waals surface area contributed by atoms with Crippen molar-refractivity contribution in [3.8, 4) is 5.75 Å². The number of thiocarbonyl (C=S) groups is 1. The summed E-state index contributed by atoms with van der Waals surface area (Å²) in [5, 5.41) is 8.72. The zero-order chi connectivity index (χ0) is 16.3. The molecule has 8 heteroatoms. The molecule has 0 aliphatic carbocycles. The van der Waals surface area contributed by atoms with E-state index >= 15 is 0 Å². The zero-order valence-electron chi connectivity index (χ0n) is 11.5. The van der Waals surface area contributed by atoms with Gasteiger partial charge >= 0.3 is 5.97 Å². The molecule has 22 heavy (non-hydrogen) atoms. The number of ether oxygens (including phenoxy) is 1. The Balaban J connectivity index is 2.26. The van der Waals surface area contributed by atoms with E-state index in [2.05, 4.69) is 15.9 Å². The van der Waals surface area contributed by atoms with E-state index in [1.165, 1.54) is 4.90 Å². The molecule has 1 saturated heterocycles. The normalized spacial score (nSPS) is 16.5. The third-order valence-electron chi connectivity index (χ3n) is 2.90. The maximum Gasteiger partial charge on any atom is 0.305 e. The molecule has 1 aromatic rings. The number of carboxylic acid groups (broad SMARTS) is 1. The van der Waals surface area contributed by atoms with Crippen molar-refractivity contribution in [2.24, 2.45) is 0 Å². The second kappa shape index (κ2) is 7.26. The number of carbonyl (C=O) groups excluding carboxylic acids is 1. The first-order chi connectivity index (χ1) is 10.4. The summed E-state index contributed by atoms with van der Waals surface area (Å²) < 4.78 is 6.50. The van der Waals surface area contributed by atoms with Crippen LogP contribution in [-0.4, -0.2) is 39.9 Å². The number of hydrogen-bond acceptors (Lipinski definition) is 5. The molecular weight excluding hydrogens is 390 g/mol. The number of amides is 1. The molecule has 1 N–H and O–H groups in total. The standard InChI is InChI=1S/C14H12BrNO4S2/c1-20-10-3-2-9(15)6-8(10)7-11-13(19)16(14(21)22-11)5-4-12(17)18/h2-3,6-7H,4-5H2,1H3,(H,17,18)/b11-7-. The van der Waals surface area contributed by atoms with Crippen molar-refractivity contribution in [2.75, 3.05) is 13.7 Å². The molecule has 0 radical (unpaired) electrons. The van der Waals surface area contributed by atoms with E-state index in [0.29, 0.717) is 15.0 Å². The Morgan fingerprint density at radius 1 is 1.55 bits per heavy atom. The fourth-order valence-electron chi connectivity index (χ4n) is 1.86. The van der Waals surface area contributed by atoms with Crippen LogP contribution in [0, 0.1) is 0 Å². The highest BCUT2D eigenvalue weighted by molar-refractivity contribution is 9.10. The van der Waals surface area contributed by atoms with Gasteiger partial charge < -0.3 is 9.84 Å². The molecule has 2 rings (SSSR count). The smallest absolute Gasteiger partial charge is 0.305 e. The van der Waals surface area contributed by atoms with Gasteiger partial charge in [-0.2, -0.15) is 0 Å². The Bertz CT molecular complexity index is 675. The molecule has 1 aliphatic rings. The SMILES string of the molecule is COc1ccc(Br)cc1/C=C1\SC(=S)N(CCC(=O)O)C1=O. The van der Waals surface area contributed by atoms with Crippen LogP contribution in [0.2, 0.25) is 0 Å². The van der Waals surface area contributed by atoms with Gasteiger partial charge in [0.25, 0.3) is 5.91 Å². The first-order valence-corrected chi connectivity index (χ1v) is 8.25. The van der Waals surface area contributed by atoms with E-state index < -0.39 is 5.97 Å². The second-order valence-electron chi connectivity index (χ2n) is 4.36. The summed E-state index contributed by atoms with van der Waals surface area (Å²) in [6, 6.07) is 5.47. The van der Waals surface area contributed by atoms with Crippen LogP contribution >= 0.6 is 39.9 Å². The lowest BCUT2D eigenvalue weighted by atomic mass is 10.2. The highest BCUT2D eigenvalue weighted by Crippen LogP contribution is 2.35. The molecule has 0 bridgehead atoms. The number of aliphatic carboxylic acids is 1. The number of nitrogens with zero attached hydrogens (tertiary/aromatic N) is 1. The van der Waals surface area contributed by atoms with Gasteiger partial charge in [-0.25, -0.2) is 0 Å². The van der Waals surface area contributed by atoms with Crippen LogP contribution in [0.15, 0.2) is 27.6 Å². The minimum atomic E-state index is -0.966. The van der Waals surface area contributed by atoms with Gasteiger partial charge in [-0.05, 0) is 24.3 Å². The van der Waals surface area contributed by atoms with Gasteiger partial charge in [-0.1, -0.05) is 39.9 Å². The van der Waals surface area contributed by atoms with Gasteiger partial charge in [-0.3, -0.25) is 14.5 Å². The third kappa shape index (κ3) is 3.88. The lowest BCUT2D eigenvalue weighted by Crippen LogP contribution is -2.30. The number of benzene rings is 1. The van der Waals surface area contributed by atoms with Crippen molar-refractivity contribution in [3.05, 3.63) is 33.1 Å². The Labute approximate surface area is 145 Å². The fourth-order valence-corrected chi connectivity index (χ4v) is 3.54. The van der Waals surface area contributed by atoms with Crippen molar-refractivity contribution in [1.82, 2.24) is 4.90 Å². The highest BCUT2D eigenvalue weighted by atomic mass is 79.9. The summed E-state index contributed by atoms with van der Waals surface area (Å²) in [5.41, 5.74) is 0.746. The molecular formula is C14H12BrNO4S2. The van der Waals surface area contributed by atoms with Crippen LogP contribution in [-0.2, 0) is 9.59 Å². The van der Waals surface area contributed by atoms with Gasteiger partial charge in [-0.15, -0.1) is 0 Å². The molecule has 0 spiro atoms. The average molecular weight is 402 g/mol. The van der Waals surface area contributed by atoms with E-state index in [0.717, 1.165) is 21.8 Å². The summed E-state index contributed by atoms with van der Waals surface area (Å²) in [4.78, 5) is 24.7. The molecule has 1 amide bonds. The first kappa shape index (κ1) is 17.0. The lowest BCUT2D eigenvalue weighted by Gasteiger charge is -2.12. The van der Waals surface area contributed by atoms with E-state index in [4.69, 9.17) is 22.1 Å². The Morgan fingerprint density at radius 2 is 2.27 bits per heavy atom. The predicted octanol–water partition coefficient (Wildman–Crippen LogP) is 3.13. The van der Waals surface area contributed by atoms with Gasteiger partial charge in [0, 0.05) is 16.6 Å². The number of hydrogen-bond donors (Lipinski definition) is 1. The largest absolute Gasteiger partial charge is 0.496 e. The van der Waals surface area contributed by atoms with Crippen LogP contribution < -0.4 is 4.74 Å². The number of carbonyl (C=O) groups is 2. The van der Waals surface area contributed by atoms with Crippen molar-refractivity contribution >= 4 is 62.2 Å². The van der Waals surface area contributed by atoms with Gasteiger partial charge in [0.15, 0.2) is 0 Å². The topological polar surface area (TPSA) is 66.8 Å². The van der Waals surface area contributed by atoms with Gasteiger partial charge in [0.1, 0.15) is 10.1 Å². The molecule has 0 atom stereocenters. The molecule has 0 unspecified atom stereocenters. The fraction of sp³-hybridized carbons (Fsp3) is 0.214. The summed E-state index contributed by atoms with van der Waals surface area (Å²) in [7, 11) is 1.55. The molecule has 1 heterocycles. The van der Waals surface area contributed by atoms with E-state index in [1.54, 1.807) is 19.3 Å². The van der Waals surface area contributed by atoms with Crippen molar-refractivity contribution < 1.29 is 19.4 Å². The van der Waals surface area contributed by atoms with Crippen LogP contribution in [0.3, 0.4) is 0 Å². The molecule has 5 nitrogen and oxygen atoms in total. The number of thioether (sulfide) groups is 1. The van der Waals surface area contributed by atoms with Crippen LogP contribution in [0.25, 0.3) is 6.08 Å². The molecule has 1 aliphatic heterocycles. The van der Waals surface area contributed by atoms with Crippen molar-refractivity contribution in [3.63, 3.8) is 0 Å². The average Bonchev–Trinajstić information content (AvgIpc) is 2.71. The molecule has 116 valence electrons. The summed E-state index contributed by atoms with van der Waals surface area (Å²) in [5.74, 6) is -0.607. The monoisotopic (exact) mass is 401 g/mol. The summed E-state index contributed by atoms with van der Waals surface area (Å²) in [6.45, 7) is 0.0763. The van der Waals surface area contributed by atoms with Crippen LogP contribution in [0.5, 0.6) is 5.75 Å². The second-order valence-corrected chi connectivity index (χ2v) is 6.95.